The molecule has 2 aliphatic heterocycles. The van der Waals surface area contributed by atoms with Crippen LogP contribution in [0, 0.1) is 5.82 Å². The minimum atomic E-state index is -0.262. The number of halogens is 1. The first-order valence-electron chi connectivity index (χ1n) is 11.6. The highest BCUT2D eigenvalue weighted by molar-refractivity contribution is 5.64. The summed E-state index contributed by atoms with van der Waals surface area (Å²) in [6.07, 6.45) is 4.06. The number of nitrogens with one attached hydrogen (secondary N) is 2. The normalized spacial score (nSPS) is 20.1. The molecule has 2 atom stereocenters. The third-order valence-corrected chi connectivity index (χ3v) is 6.88. The maximum absolute atomic E-state index is 13.2. The van der Waals surface area contributed by atoms with Gasteiger partial charge in [0.2, 0.25) is 5.95 Å². The molecule has 2 aliphatic rings. The molecule has 0 unspecified atom stereocenters. The molecular formula is C26H30FN7. The molecule has 0 radical (unpaired) electrons. The summed E-state index contributed by atoms with van der Waals surface area (Å²) in [6.45, 7) is 9.32. The number of hydrogen-bond donors (Lipinski definition) is 3. The summed E-state index contributed by atoms with van der Waals surface area (Å²) in [6, 6.07) is 15.2. The van der Waals surface area contributed by atoms with Crippen molar-refractivity contribution in [2.75, 3.05) is 17.3 Å². The van der Waals surface area contributed by atoms with E-state index in [1.165, 1.54) is 17.7 Å². The quantitative estimate of drug-likeness (QED) is 0.370. The van der Waals surface area contributed by atoms with E-state index in [4.69, 9.17) is 10.8 Å². The van der Waals surface area contributed by atoms with Gasteiger partial charge in [0, 0.05) is 60.6 Å². The number of benzene rings is 2. The number of rotatable bonds is 6. The summed E-state index contributed by atoms with van der Waals surface area (Å²) in [4.78, 5) is 14.1. The van der Waals surface area contributed by atoms with Crippen molar-refractivity contribution in [3.05, 3.63) is 83.9 Å². The Morgan fingerprint density at radius 3 is 2.53 bits per heavy atom. The van der Waals surface area contributed by atoms with Crippen LogP contribution in [0.2, 0.25) is 0 Å². The lowest BCUT2D eigenvalue weighted by Crippen LogP contribution is -2.46. The third-order valence-electron chi connectivity index (χ3n) is 6.88. The van der Waals surface area contributed by atoms with Gasteiger partial charge >= 0.3 is 0 Å². The number of anilines is 3. The van der Waals surface area contributed by atoms with E-state index in [0.717, 1.165) is 60.8 Å². The zero-order chi connectivity index (χ0) is 23.7. The minimum Gasteiger partial charge on any atom is -0.369 e. The molecule has 0 spiro atoms. The van der Waals surface area contributed by atoms with E-state index < -0.39 is 0 Å². The van der Waals surface area contributed by atoms with E-state index in [1.807, 2.05) is 18.3 Å². The lowest BCUT2D eigenvalue weighted by molar-refractivity contribution is 0.102. The van der Waals surface area contributed by atoms with Crippen LogP contribution in [0.25, 0.3) is 5.70 Å². The van der Waals surface area contributed by atoms with Gasteiger partial charge in [-0.2, -0.15) is 0 Å². The Kier molecular flexibility index (Phi) is 6.17. The number of aromatic nitrogens is 2. The van der Waals surface area contributed by atoms with Crippen molar-refractivity contribution in [2.24, 2.45) is 5.84 Å². The molecule has 0 saturated carbocycles. The second kappa shape index (κ2) is 9.40. The molecule has 1 aromatic heterocycles. The minimum absolute atomic E-state index is 0.262. The first-order valence-corrected chi connectivity index (χ1v) is 11.6. The van der Waals surface area contributed by atoms with Gasteiger partial charge in [-0.25, -0.2) is 14.4 Å². The zero-order valence-corrected chi connectivity index (χ0v) is 19.3. The highest BCUT2D eigenvalue weighted by Gasteiger charge is 2.33. The number of fused-ring (bicyclic) bond motifs is 1. The van der Waals surface area contributed by atoms with Crippen LogP contribution in [-0.4, -0.2) is 38.4 Å². The first-order chi connectivity index (χ1) is 16.5. The predicted molar refractivity (Wildman–Crippen MR) is 133 cm³/mol. The molecule has 1 fully saturated rings. The van der Waals surface area contributed by atoms with Crippen LogP contribution in [-0.2, 0) is 13.1 Å². The van der Waals surface area contributed by atoms with Crippen molar-refractivity contribution >= 4 is 23.0 Å². The van der Waals surface area contributed by atoms with Gasteiger partial charge in [0.05, 0.1) is 5.69 Å². The predicted octanol–water partition coefficient (Wildman–Crippen LogP) is 4.48. The second-order valence-electron chi connectivity index (χ2n) is 9.09. The molecule has 8 heteroatoms. The maximum Gasteiger partial charge on any atom is 0.227 e. The summed E-state index contributed by atoms with van der Waals surface area (Å²) in [7, 11) is 0. The van der Waals surface area contributed by atoms with E-state index in [-0.39, 0.29) is 5.82 Å². The molecule has 3 aromatic rings. The molecule has 2 aromatic carbocycles. The Balaban J connectivity index is 1.20. The van der Waals surface area contributed by atoms with Gasteiger partial charge in [0.15, 0.2) is 0 Å². The molecule has 7 nitrogen and oxygen atoms in total. The van der Waals surface area contributed by atoms with Gasteiger partial charge in [-0.1, -0.05) is 18.7 Å². The number of likely N-dealkylation sites (tertiary alicyclic amines) is 1. The average Bonchev–Trinajstić information content (AvgIpc) is 3.28. The second-order valence-corrected chi connectivity index (χ2v) is 9.09. The fourth-order valence-electron chi connectivity index (χ4n) is 4.96. The van der Waals surface area contributed by atoms with E-state index in [1.54, 1.807) is 12.1 Å². The van der Waals surface area contributed by atoms with Crippen LogP contribution in [0.3, 0.4) is 0 Å². The number of nitrogens with two attached hydrogens (primary N) is 1. The first kappa shape index (κ1) is 22.3. The molecule has 4 N–H and O–H groups in total. The highest BCUT2D eigenvalue weighted by atomic mass is 19.1. The smallest absolute Gasteiger partial charge is 0.227 e. The number of piperidine rings is 1. The molecule has 34 heavy (non-hydrogen) atoms. The van der Waals surface area contributed by atoms with Crippen LogP contribution >= 0.6 is 0 Å². The largest absolute Gasteiger partial charge is 0.369 e. The van der Waals surface area contributed by atoms with Gasteiger partial charge in [-0.15, -0.1) is 0 Å². The lowest BCUT2D eigenvalue weighted by atomic mass is 9.95. The van der Waals surface area contributed by atoms with Gasteiger partial charge in [-0.3, -0.25) is 10.7 Å². The topological polar surface area (TPSA) is 82.3 Å². The monoisotopic (exact) mass is 459 g/mol. The van der Waals surface area contributed by atoms with E-state index in [9.17, 15) is 4.39 Å². The van der Waals surface area contributed by atoms with Gasteiger partial charge in [-0.05, 0) is 61.7 Å². The van der Waals surface area contributed by atoms with Crippen molar-refractivity contribution < 1.29 is 4.39 Å². The molecule has 5 rings (SSSR count). The van der Waals surface area contributed by atoms with Gasteiger partial charge in [0.25, 0.3) is 0 Å². The summed E-state index contributed by atoms with van der Waals surface area (Å²) < 4.78 is 13.2. The highest BCUT2D eigenvalue weighted by Crippen LogP contribution is 2.33. The molecular weight excluding hydrogens is 429 g/mol. The number of hydrogen-bond acceptors (Lipinski definition) is 7. The molecule has 0 amide bonds. The fraction of sp³-hybridized carbons (Fsp3) is 0.308. The molecule has 0 aliphatic carbocycles. The average molecular weight is 460 g/mol. The van der Waals surface area contributed by atoms with E-state index >= 15 is 0 Å². The standard InChI is InChI=1S/C26H30FN7/c1-17-13-24(11-12-34(17)18(2)19-3-7-23(32-28)8-4-19)33-15-20-14-29-26(31-25(20)16-33)30-22-9-5-21(27)6-10-22/h3-10,14,17,24,32H,2,11-13,15-16,28H2,1H3,(H,29,30,31)/t17-,24+/m1/s1. The Hall–Kier alpha value is -3.49. The Morgan fingerprint density at radius 1 is 1.09 bits per heavy atom. The number of nitrogen functional groups attached to an aromatic ring is 1. The van der Waals surface area contributed by atoms with E-state index in [0.29, 0.717) is 18.0 Å². The van der Waals surface area contributed by atoms with Crippen LogP contribution in [0.1, 0.15) is 36.6 Å². The number of hydrazine groups is 1. The lowest BCUT2D eigenvalue weighted by Gasteiger charge is -2.43. The Morgan fingerprint density at radius 2 is 1.82 bits per heavy atom. The van der Waals surface area contributed by atoms with Crippen molar-refractivity contribution in [1.29, 1.82) is 0 Å². The number of nitrogens with zero attached hydrogens (tertiary/aromatic N) is 4. The SMILES string of the molecule is C=C(c1ccc(NN)cc1)N1CC[C@H](N2Cc3cnc(Nc4ccc(F)cc4)nc3C2)C[C@H]1C. The van der Waals surface area contributed by atoms with Crippen molar-refractivity contribution in [3.8, 4) is 0 Å². The van der Waals surface area contributed by atoms with Crippen LogP contribution in [0.15, 0.2) is 61.3 Å². The fourth-order valence-corrected chi connectivity index (χ4v) is 4.96. The summed E-state index contributed by atoms with van der Waals surface area (Å²) in [5, 5.41) is 3.17. The summed E-state index contributed by atoms with van der Waals surface area (Å²) >= 11 is 0. The summed E-state index contributed by atoms with van der Waals surface area (Å²) in [5.74, 6) is 5.77. The molecule has 3 heterocycles. The van der Waals surface area contributed by atoms with Crippen molar-refractivity contribution in [2.45, 2.75) is 44.9 Å². The third kappa shape index (κ3) is 4.60. The van der Waals surface area contributed by atoms with Crippen LogP contribution in [0.5, 0.6) is 0 Å². The molecule has 0 bridgehead atoms. The maximum atomic E-state index is 13.2. The molecule has 176 valence electrons. The Bertz CT molecular complexity index is 1160. The van der Waals surface area contributed by atoms with Crippen LogP contribution < -0.4 is 16.6 Å². The van der Waals surface area contributed by atoms with Crippen LogP contribution in [0.4, 0.5) is 21.7 Å². The zero-order valence-electron chi connectivity index (χ0n) is 19.3. The van der Waals surface area contributed by atoms with Crippen molar-refractivity contribution in [3.63, 3.8) is 0 Å². The Labute approximate surface area is 199 Å². The van der Waals surface area contributed by atoms with Gasteiger partial charge in [0.1, 0.15) is 5.82 Å². The summed E-state index contributed by atoms with van der Waals surface area (Å²) in [5.41, 5.74) is 8.74. The van der Waals surface area contributed by atoms with Crippen molar-refractivity contribution in [1.82, 2.24) is 19.8 Å². The van der Waals surface area contributed by atoms with Gasteiger partial charge < -0.3 is 15.6 Å². The molecule has 1 saturated heterocycles. The van der Waals surface area contributed by atoms with E-state index in [2.05, 4.69) is 51.2 Å².